The third-order valence-corrected chi connectivity index (χ3v) is 3.99. The maximum Gasteiger partial charge on any atom is 0.256 e. The van der Waals surface area contributed by atoms with Gasteiger partial charge in [0.15, 0.2) is 0 Å². The van der Waals surface area contributed by atoms with Crippen molar-refractivity contribution in [3.63, 3.8) is 0 Å². The molecule has 0 heterocycles. The molecular weight excluding hydrogens is 386 g/mol. The number of halogens is 4. The first-order valence-electron chi connectivity index (χ1n) is 5.39. The summed E-state index contributed by atoms with van der Waals surface area (Å²) < 4.78 is 0.616. The second-order valence-electron chi connectivity index (χ2n) is 3.94. The second-order valence-corrected chi connectivity index (χ2v) is 6.04. The van der Waals surface area contributed by atoms with Crippen LogP contribution < -0.4 is 11.1 Å². The van der Waals surface area contributed by atoms with Crippen molar-refractivity contribution in [3.05, 3.63) is 55.4 Å². The second kappa shape index (κ2) is 6.22. The van der Waals surface area contributed by atoms with Crippen LogP contribution in [0.25, 0.3) is 0 Å². The third kappa shape index (κ3) is 3.38. The van der Waals surface area contributed by atoms with Gasteiger partial charge in [-0.15, -0.1) is 0 Å². The van der Waals surface area contributed by atoms with Gasteiger partial charge in [-0.25, -0.2) is 0 Å². The summed E-state index contributed by atoms with van der Waals surface area (Å²) in [6, 6.07) is 7.92. The predicted molar refractivity (Wildman–Crippen MR) is 88.0 cm³/mol. The molecule has 2 rings (SSSR count). The van der Waals surface area contributed by atoms with Gasteiger partial charge in [0.2, 0.25) is 0 Å². The van der Waals surface area contributed by atoms with Gasteiger partial charge >= 0.3 is 0 Å². The number of nitrogen functional groups attached to an aromatic ring is 1. The highest BCUT2D eigenvalue weighted by atomic mass is 79.9. The van der Waals surface area contributed by atoms with Crippen LogP contribution in [0.15, 0.2) is 34.8 Å². The molecule has 0 atom stereocenters. The first-order valence-corrected chi connectivity index (χ1v) is 7.32. The Kier molecular flexibility index (Phi) is 4.81. The minimum atomic E-state index is -0.379. The molecule has 0 spiro atoms. The summed E-state index contributed by atoms with van der Waals surface area (Å²) in [5, 5.41) is 3.55. The molecule has 0 aliphatic carbocycles. The number of nitrogens with two attached hydrogens (primary N) is 1. The van der Waals surface area contributed by atoms with Gasteiger partial charge in [-0.05, 0) is 46.3 Å². The quantitative estimate of drug-likeness (QED) is 0.684. The Morgan fingerprint density at radius 3 is 2.30 bits per heavy atom. The van der Waals surface area contributed by atoms with Crippen molar-refractivity contribution in [2.45, 2.75) is 0 Å². The summed E-state index contributed by atoms with van der Waals surface area (Å²) in [5.41, 5.74) is 6.83. The zero-order chi connectivity index (χ0) is 14.9. The van der Waals surface area contributed by atoms with Gasteiger partial charge in [0.05, 0.1) is 21.3 Å². The Balaban J connectivity index is 2.35. The molecule has 0 fully saturated rings. The number of carbonyl (C=O) groups is 1. The van der Waals surface area contributed by atoms with E-state index in [1.54, 1.807) is 18.2 Å². The van der Waals surface area contributed by atoms with Crippen LogP contribution in [0.3, 0.4) is 0 Å². The first-order chi connectivity index (χ1) is 9.38. The number of amides is 1. The minimum Gasteiger partial charge on any atom is -0.399 e. The van der Waals surface area contributed by atoms with Crippen LogP contribution in [-0.4, -0.2) is 5.91 Å². The van der Waals surface area contributed by atoms with E-state index in [1.807, 2.05) is 0 Å². The summed E-state index contributed by atoms with van der Waals surface area (Å²) in [4.78, 5) is 12.2. The Bertz CT molecular complexity index is 668. The number of benzene rings is 2. The zero-order valence-corrected chi connectivity index (χ0v) is 13.7. The van der Waals surface area contributed by atoms with Crippen molar-refractivity contribution in [1.82, 2.24) is 0 Å². The lowest BCUT2D eigenvalue weighted by Crippen LogP contribution is -2.13. The molecule has 1 amide bonds. The van der Waals surface area contributed by atoms with E-state index in [4.69, 9.17) is 40.5 Å². The van der Waals surface area contributed by atoms with Crippen LogP contribution in [0.5, 0.6) is 0 Å². The largest absolute Gasteiger partial charge is 0.399 e. The number of rotatable bonds is 2. The minimum absolute atomic E-state index is 0.260. The summed E-state index contributed by atoms with van der Waals surface area (Å²) in [5.74, 6) is -0.379. The van der Waals surface area contributed by atoms with Gasteiger partial charge in [0.1, 0.15) is 0 Å². The molecule has 0 aliphatic heterocycles. The molecule has 0 aromatic heterocycles. The maximum absolute atomic E-state index is 12.2. The highest BCUT2D eigenvalue weighted by molar-refractivity contribution is 9.10. The number of nitrogens with one attached hydrogen (secondary N) is 1. The van der Waals surface area contributed by atoms with Crippen molar-refractivity contribution in [3.8, 4) is 0 Å². The highest BCUT2D eigenvalue weighted by Gasteiger charge is 2.15. The average Bonchev–Trinajstić information content (AvgIpc) is 2.36. The molecule has 0 saturated heterocycles. The summed E-state index contributed by atoms with van der Waals surface area (Å²) in [6.45, 7) is 0. The fraction of sp³-hybridized carbons (Fsp3) is 0. The molecule has 0 aliphatic rings. The van der Waals surface area contributed by atoms with Gasteiger partial charge in [0, 0.05) is 15.2 Å². The van der Waals surface area contributed by atoms with Gasteiger partial charge in [-0.1, -0.05) is 34.8 Å². The molecule has 7 heteroatoms. The van der Waals surface area contributed by atoms with Crippen molar-refractivity contribution < 1.29 is 4.79 Å². The molecule has 0 saturated carbocycles. The molecule has 0 unspecified atom stereocenters. The molecule has 20 heavy (non-hydrogen) atoms. The van der Waals surface area contributed by atoms with Gasteiger partial charge in [0.25, 0.3) is 5.91 Å². The van der Waals surface area contributed by atoms with Crippen molar-refractivity contribution >= 4 is 68.0 Å². The fourth-order valence-corrected chi connectivity index (χ4v) is 2.90. The third-order valence-electron chi connectivity index (χ3n) is 2.48. The van der Waals surface area contributed by atoms with E-state index in [0.717, 1.165) is 0 Å². The fourth-order valence-electron chi connectivity index (χ4n) is 1.56. The van der Waals surface area contributed by atoms with Crippen molar-refractivity contribution in [1.29, 1.82) is 0 Å². The van der Waals surface area contributed by atoms with E-state index in [2.05, 4.69) is 21.2 Å². The molecule has 0 radical (unpaired) electrons. The SMILES string of the molecule is Nc1ccc(Br)c(C(=O)Nc2c(Cl)cc(Cl)cc2Cl)c1. The standard InChI is InChI=1S/C13H8BrCl3N2O/c14-9-2-1-7(18)5-8(9)13(20)19-12-10(16)3-6(15)4-11(12)17/h1-5H,18H2,(H,19,20). The molecule has 3 N–H and O–H groups in total. The molecule has 2 aromatic rings. The zero-order valence-electron chi connectivity index (χ0n) is 9.88. The predicted octanol–water partition coefficient (Wildman–Crippen LogP) is 5.24. The van der Waals surface area contributed by atoms with Crippen LogP contribution in [0.2, 0.25) is 15.1 Å². The van der Waals surface area contributed by atoms with E-state index in [1.165, 1.54) is 12.1 Å². The Morgan fingerprint density at radius 2 is 1.70 bits per heavy atom. The summed E-state index contributed by atoms with van der Waals surface area (Å²) in [7, 11) is 0. The van der Waals surface area contributed by atoms with Crippen LogP contribution in [-0.2, 0) is 0 Å². The van der Waals surface area contributed by atoms with Crippen LogP contribution in [0.1, 0.15) is 10.4 Å². The number of carbonyl (C=O) groups excluding carboxylic acids is 1. The van der Waals surface area contributed by atoms with E-state index in [9.17, 15) is 4.79 Å². The van der Waals surface area contributed by atoms with Gasteiger partial charge in [-0.3, -0.25) is 4.79 Å². The lowest BCUT2D eigenvalue weighted by atomic mass is 10.2. The Hall–Kier alpha value is -0.940. The molecule has 104 valence electrons. The smallest absolute Gasteiger partial charge is 0.256 e. The number of hydrogen-bond donors (Lipinski definition) is 2. The maximum atomic E-state index is 12.2. The lowest BCUT2D eigenvalue weighted by molar-refractivity contribution is 0.102. The first kappa shape index (κ1) is 15.4. The van der Waals surface area contributed by atoms with Crippen LogP contribution in [0, 0.1) is 0 Å². The normalized spacial score (nSPS) is 10.4. The van der Waals surface area contributed by atoms with E-state index in [-0.39, 0.29) is 16.0 Å². The van der Waals surface area contributed by atoms with Gasteiger partial charge in [-0.2, -0.15) is 0 Å². The molecule has 2 aromatic carbocycles. The highest BCUT2D eigenvalue weighted by Crippen LogP contribution is 2.34. The number of anilines is 2. The molecule has 3 nitrogen and oxygen atoms in total. The Morgan fingerprint density at radius 1 is 1.10 bits per heavy atom. The Labute approximate surface area is 139 Å². The lowest BCUT2D eigenvalue weighted by Gasteiger charge is -2.11. The van der Waals surface area contributed by atoms with E-state index >= 15 is 0 Å². The average molecular weight is 394 g/mol. The summed E-state index contributed by atoms with van der Waals surface area (Å²) >= 11 is 21.1. The van der Waals surface area contributed by atoms with E-state index in [0.29, 0.717) is 26.4 Å². The van der Waals surface area contributed by atoms with Crippen molar-refractivity contribution in [2.75, 3.05) is 11.1 Å². The van der Waals surface area contributed by atoms with Crippen molar-refractivity contribution in [2.24, 2.45) is 0 Å². The monoisotopic (exact) mass is 392 g/mol. The van der Waals surface area contributed by atoms with Crippen LogP contribution in [0.4, 0.5) is 11.4 Å². The van der Waals surface area contributed by atoms with Crippen LogP contribution >= 0.6 is 50.7 Å². The topological polar surface area (TPSA) is 55.1 Å². The molecular formula is C13H8BrCl3N2O. The number of hydrogen-bond acceptors (Lipinski definition) is 2. The summed E-state index contributed by atoms with van der Waals surface area (Å²) in [6.07, 6.45) is 0. The van der Waals surface area contributed by atoms with E-state index < -0.39 is 0 Å². The molecule has 0 bridgehead atoms. The van der Waals surface area contributed by atoms with Gasteiger partial charge < -0.3 is 11.1 Å².